The highest BCUT2D eigenvalue weighted by molar-refractivity contribution is 5.82. The van der Waals surface area contributed by atoms with Crippen LogP contribution >= 0.6 is 0 Å². The molecule has 0 bridgehead atoms. The van der Waals surface area contributed by atoms with Gasteiger partial charge in [0.05, 0.1) is 23.9 Å². The fourth-order valence-electron chi connectivity index (χ4n) is 6.45. The number of nitrogens with one attached hydrogen (secondary N) is 1. The van der Waals surface area contributed by atoms with Gasteiger partial charge in [0.25, 0.3) is 0 Å². The van der Waals surface area contributed by atoms with E-state index in [1.807, 2.05) is 56.8 Å². The molecule has 0 radical (unpaired) electrons. The normalized spacial score (nSPS) is 19.6. The van der Waals surface area contributed by atoms with Crippen LogP contribution < -0.4 is 5.32 Å². The van der Waals surface area contributed by atoms with Gasteiger partial charge in [-0.1, -0.05) is 59.6 Å². The summed E-state index contributed by atoms with van der Waals surface area (Å²) < 4.78 is 19.5. The minimum absolute atomic E-state index is 0.0132. The van der Waals surface area contributed by atoms with E-state index < -0.39 is 41.5 Å². The lowest BCUT2D eigenvalue weighted by molar-refractivity contribution is -0.151. The fraction of sp³-hybridized carbons (Fsp3) is 0.706. The molecule has 45 heavy (non-hydrogen) atoms. The number of carbonyl (C=O) groups is 3. The summed E-state index contributed by atoms with van der Waals surface area (Å²) in [6.45, 7) is 16.4. The van der Waals surface area contributed by atoms with Gasteiger partial charge in [0.2, 0.25) is 5.91 Å². The zero-order valence-corrected chi connectivity index (χ0v) is 28.6. The lowest BCUT2D eigenvalue weighted by Crippen LogP contribution is -2.50. The minimum atomic E-state index is -1.12. The quantitative estimate of drug-likeness (QED) is 0.167. The summed E-state index contributed by atoms with van der Waals surface area (Å²) in [7, 11) is 1.67. The summed E-state index contributed by atoms with van der Waals surface area (Å²) in [5, 5.41) is 18.9. The van der Waals surface area contributed by atoms with Crippen LogP contribution in [0, 0.1) is 17.3 Å². The van der Waals surface area contributed by atoms with Gasteiger partial charge >= 0.3 is 12.1 Å². The molecule has 2 amide bonds. The maximum atomic E-state index is 13.2. The second kappa shape index (κ2) is 15.4. The second-order valence-electron chi connectivity index (χ2n) is 13.7. The molecular weight excluding hydrogens is 576 g/mol. The molecule has 11 nitrogen and oxygen atoms in total. The third kappa shape index (κ3) is 8.97. The maximum Gasteiger partial charge on any atom is 0.409 e. The molecule has 2 aromatic rings. The van der Waals surface area contributed by atoms with E-state index in [9.17, 15) is 19.5 Å². The van der Waals surface area contributed by atoms with Crippen molar-refractivity contribution in [2.75, 3.05) is 20.3 Å². The summed E-state index contributed by atoms with van der Waals surface area (Å²) >= 11 is 0. The van der Waals surface area contributed by atoms with Crippen molar-refractivity contribution in [1.82, 2.24) is 20.0 Å². The van der Waals surface area contributed by atoms with Crippen molar-refractivity contribution in [3.8, 4) is 0 Å². The molecule has 0 aliphatic carbocycles. The van der Waals surface area contributed by atoms with Crippen molar-refractivity contribution in [3.63, 3.8) is 0 Å². The second-order valence-corrected chi connectivity index (χ2v) is 13.7. The summed E-state index contributed by atoms with van der Waals surface area (Å²) in [4.78, 5) is 39.7. The van der Waals surface area contributed by atoms with Crippen molar-refractivity contribution < 1.29 is 33.7 Å². The fourth-order valence-corrected chi connectivity index (χ4v) is 6.45. The van der Waals surface area contributed by atoms with Gasteiger partial charge in [-0.05, 0) is 50.7 Å². The zero-order chi connectivity index (χ0) is 33.5. The van der Waals surface area contributed by atoms with Crippen LogP contribution in [0.2, 0.25) is 0 Å². The van der Waals surface area contributed by atoms with Gasteiger partial charge in [0.15, 0.2) is 0 Å². The maximum absolute atomic E-state index is 13.2. The van der Waals surface area contributed by atoms with E-state index in [2.05, 4.69) is 17.3 Å². The molecule has 0 saturated carbocycles. The molecule has 1 aliphatic rings. The molecule has 1 aliphatic heterocycles. The highest BCUT2D eigenvalue weighted by Gasteiger charge is 2.51. The summed E-state index contributed by atoms with van der Waals surface area (Å²) in [5.41, 5.74) is 0.0664. The highest BCUT2D eigenvalue weighted by Crippen LogP contribution is 2.42. The monoisotopic (exact) mass is 630 g/mol. The zero-order valence-electron chi connectivity index (χ0n) is 28.6. The molecule has 3 rings (SSSR count). The first-order chi connectivity index (χ1) is 21.1. The number of hydrogen-bond acceptors (Lipinski definition) is 7. The van der Waals surface area contributed by atoms with Gasteiger partial charge in [-0.15, -0.1) is 0 Å². The Morgan fingerprint density at radius 1 is 1.20 bits per heavy atom. The van der Waals surface area contributed by atoms with E-state index in [1.54, 1.807) is 21.0 Å². The number of nitrogens with zero attached hydrogens (tertiary/aromatic N) is 3. The van der Waals surface area contributed by atoms with E-state index in [1.165, 1.54) is 11.8 Å². The molecule has 2 N–H and O–H groups in total. The number of aryl methyl sites for hydroxylation is 1. The molecule has 1 aromatic carbocycles. The average Bonchev–Trinajstić information content (AvgIpc) is 3.48. The number of carboxylic acid groups (broad SMARTS) is 1. The van der Waals surface area contributed by atoms with Crippen molar-refractivity contribution >= 4 is 28.9 Å². The van der Waals surface area contributed by atoms with Crippen LogP contribution in [0.15, 0.2) is 24.4 Å². The summed E-state index contributed by atoms with van der Waals surface area (Å²) in [5.74, 6) is -0.756. The largest absolute Gasteiger partial charge is 0.465 e. The van der Waals surface area contributed by atoms with Crippen LogP contribution in [0.25, 0.3) is 10.9 Å². The molecule has 1 fully saturated rings. The molecule has 3 unspecified atom stereocenters. The lowest BCUT2D eigenvalue weighted by Gasteiger charge is -2.36. The van der Waals surface area contributed by atoms with E-state index in [0.29, 0.717) is 19.6 Å². The molecular formula is C34H54N4O7. The van der Waals surface area contributed by atoms with Crippen LogP contribution in [-0.4, -0.2) is 75.9 Å². The van der Waals surface area contributed by atoms with E-state index in [0.717, 1.165) is 42.1 Å². The van der Waals surface area contributed by atoms with Gasteiger partial charge < -0.3 is 24.6 Å². The van der Waals surface area contributed by atoms with Gasteiger partial charge in [0.1, 0.15) is 11.8 Å². The first-order valence-electron chi connectivity index (χ1n) is 16.2. The van der Waals surface area contributed by atoms with E-state index >= 15 is 0 Å². The molecule has 1 saturated heterocycles. The van der Waals surface area contributed by atoms with E-state index in [-0.39, 0.29) is 24.3 Å². The van der Waals surface area contributed by atoms with Crippen molar-refractivity contribution in [2.45, 2.75) is 118 Å². The number of rotatable bonds is 16. The number of hydrogen-bond donors (Lipinski definition) is 2. The van der Waals surface area contributed by atoms with Crippen LogP contribution in [0.4, 0.5) is 4.79 Å². The number of fused-ring (bicyclic) bond motifs is 1. The summed E-state index contributed by atoms with van der Waals surface area (Å²) in [6, 6.07) is 5.35. The number of aromatic nitrogens is 2. The number of carbonyl (C=O) groups excluding carboxylic acids is 2. The minimum Gasteiger partial charge on any atom is -0.465 e. The third-order valence-electron chi connectivity index (χ3n) is 8.99. The average molecular weight is 631 g/mol. The molecule has 252 valence electrons. The Morgan fingerprint density at radius 3 is 2.51 bits per heavy atom. The van der Waals surface area contributed by atoms with Crippen LogP contribution in [0.1, 0.15) is 99.2 Å². The SMILES string of the molecule is CCCCC(C)(C)C(=O)NCC1OC(C)(C)N(C(=O)O)C1CC(C(C)C)[C@H](OC(C)=O)c1ccc2cnn(CCCOC)c2c1. The number of amides is 2. The lowest BCUT2D eigenvalue weighted by atomic mass is 9.80. The van der Waals surface area contributed by atoms with Crippen molar-refractivity contribution in [1.29, 1.82) is 0 Å². The van der Waals surface area contributed by atoms with Crippen LogP contribution in [-0.2, 0) is 30.3 Å². The molecule has 11 heteroatoms. The Kier molecular flexibility index (Phi) is 12.4. The highest BCUT2D eigenvalue weighted by atomic mass is 16.6. The Labute approximate surface area is 267 Å². The van der Waals surface area contributed by atoms with Gasteiger partial charge in [-0.25, -0.2) is 4.79 Å². The Balaban J connectivity index is 1.97. The smallest absolute Gasteiger partial charge is 0.409 e. The number of ether oxygens (including phenoxy) is 3. The molecule has 2 heterocycles. The van der Waals surface area contributed by atoms with Gasteiger partial charge in [-0.2, -0.15) is 5.10 Å². The van der Waals surface area contributed by atoms with Gasteiger partial charge in [0, 0.05) is 50.4 Å². The number of methoxy groups -OCH3 is 1. The number of esters is 1. The van der Waals surface area contributed by atoms with Crippen molar-refractivity contribution in [3.05, 3.63) is 30.0 Å². The number of benzene rings is 1. The number of unbranched alkanes of at least 4 members (excludes halogenated alkanes) is 1. The first kappa shape index (κ1) is 36.3. The van der Waals surface area contributed by atoms with E-state index in [4.69, 9.17) is 14.2 Å². The Morgan fingerprint density at radius 2 is 1.91 bits per heavy atom. The Bertz CT molecular complexity index is 1300. The van der Waals surface area contributed by atoms with Crippen molar-refractivity contribution in [2.24, 2.45) is 17.3 Å². The van der Waals surface area contributed by atoms with Crippen LogP contribution in [0.5, 0.6) is 0 Å². The van der Waals surface area contributed by atoms with Gasteiger partial charge in [-0.3, -0.25) is 19.2 Å². The topological polar surface area (TPSA) is 132 Å². The molecule has 1 aromatic heterocycles. The first-order valence-corrected chi connectivity index (χ1v) is 16.2. The summed E-state index contributed by atoms with van der Waals surface area (Å²) in [6.07, 6.45) is 3.33. The molecule has 4 atom stereocenters. The van der Waals surface area contributed by atoms with Crippen LogP contribution in [0.3, 0.4) is 0 Å². The standard InChI is InChI=1S/C34H54N4O7/c1-10-11-15-33(5,6)31(40)35-21-29-28(38(32(41)42)34(7,8)45-29)19-26(22(2)3)30(44-23(4)39)24-13-14-25-20-36-37(27(25)18-24)16-12-17-43-9/h13-14,18,20,22,26,28-30H,10-12,15-17,19,21H2,1-9H3,(H,35,40)(H,41,42)/t26?,28?,29?,30-/m1/s1. The molecule has 0 spiro atoms. The predicted octanol–water partition coefficient (Wildman–Crippen LogP) is 6.16. The third-order valence-corrected chi connectivity index (χ3v) is 8.99. The predicted molar refractivity (Wildman–Crippen MR) is 173 cm³/mol. The Hall–Kier alpha value is -3.18.